The highest BCUT2D eigenvalue weighted by atomic mass is 17.1. The van der Waals surface area contributed by atoms with Gasteiger partial charge in [-0.05, 0) is 17.3 Å². The molecule has 0 fully saturated rings. The first-order valence-electron chi connectivity index (χ1n) is 7.90. The first-order chi connectivity index (χ1) is 9.04. The van der Waals surface area contributed by atoms with Crippen LogP contribution in [0.2, 0.25) is 0 Å². The van der Waals surface area contributed by atoms with Crippen molar-refractivity contribution in [3.63, 3.8) is 0 Å². The molecular weight excluding hydrogens is 252 g/mol. The van der Waals surface area contributed by atoms with Crippen molar-refractivity contribution in [2.45, 2.75) is 87.0 Å². The molecule has 3 nitrogen and oxygen atoms in total. The van der Waals surface area contributed by atoms with E-state index in [2.05, 4.69) is 53.4 Å². The van der Waals surface area contributed by atoms with Gasteiger partial charge in [-0.25, -0.2) is 4.79 Å². The van der Waals surface area contributed by atoms with Crippen molar-refractivity contribution in [1.29, 1.82) is 0 Å². The van der Waals surface area contributed by atoms with Crippen molar-refractivity contribution in [3.8, 4) is 0 Å². The third-order valence-electron chi connectivity index (χ3n) is 4.65. The van der Waals surface area contributed by atoms with E-state index in [1.54, 1.807) is 0 Å². The molecule has 0 aromatic carbocycles. The zero-order valence-electron chi connectivity index (χ0n) is 14.5. The summed E-state index contributed by atoms with van der Waals surface area (Å²) < 4.78 is 0. The van der Waals surface area contributed by atoms with Crippen LogP contribution < -0.4 is 0 Å². The maximum absolute atomic E-state index is 12.4. The van der Waals surface area contributed by atoms with Gasteiger partial charge in [0.1, 0.15) is 0 Å². The fourth-order valence-electron chi connectivity index (χ4n) is 3.66. The van der Waals surface area contributed by atoms with Crippen LogP contribution in [0.5, 0.6) is 0 Å². The van der Waals surface area contributed by atoms with Crippen molar-refractivity contribution in [2.24, 2.45) is 16.2 Å². The summed E-state index contributed by atoms with van der Waals surface area (Å²) in [5, 5.41) is 8.99. The number of hydrogen-bond acceptors (Lipinski definition) is 3. The first kappa shape index (κ1) is 19.4. The Bertz CT molecular complexity index is 280. The van der Waals surface area contributed by atoms with Gasteiger partial charge in [-0.15, -0.1) is 0 Å². The summed E-state index contributed by atoms with van der Waals surface area (Å²) >= 11 is 0. The fourth-order valence-corrected chi connectivity index (χ4v) is 3.66. The third-order valence-corrected chi connectivity index (χ3v) is 4.65. The Morgan fingerprint density at radius 2 is 1.35 bits per heavy atom. The third kappa shape index (κ3) is 4.21. The van der Waals surface area contributed by atoms with Gasteiger partial charge in [-0.1, -0.05) is 80.6 Å². The predicted octanol–water partition coefficient (Wildman–Crippen LogP) is 5.44. The number of rotatable bonds is 7. The Morgan fingerprint density at radius 3 is 1.70 bits per heavy atom. The Kier molecular flexibility index (Phi) is 7.23. The van der Waals surface area contributed by atoms with Crippen LogP contribution in [0.1, 0.15) is 87.0 Å². The van der Waals surface area contributed by atoms with Crippen LogP contribution in [-0.4, -0.2) is 11.2 Å². The highest BCUT2D eigenvalue weighted by Gasteiger charge is 2.57. The summed E-state index contributed by atoms with van der Waals surface area (Å²) in [6.45, 7) is 14.5. The minimum atomic E-state index is -0.680. The molecule has 0 amide bonds. The summed E-state index contributed by atoms with van der Waals surface area (Å²) in [6, 6.07) is 0. The van der Waals surface area contributed by atoms with Crippen molar-refractivity contribution in [3.05, 3.63) is 0 Å². The van der Waals surface area contributed by atoms with E-state index in [9.17, 15) is 4.79 Å². The quantitative estimate of drug-likeness (QED) is 0.385. The zero-order chi connectivity index (χ0) is 16.0. The van der Waals surface area contributed by atoms with Gasteiger partial charge < -0.3 is 4.89 Å². The molecule has 0 aromatic rings. The normalized spacial score (nSPS) is 13.4. The molecular formula is C17H34O3. The maximum Gasteiger partial charge on any atom is 0.349 e. The van der Waals surface area contributed by atoms with Gasteiger partial charge in [0.25, 0.3) is 0 Å². The highest BCUT2D eigenvalue weighted by Crippen LogP contribution is 2.55. The van der Waals surface area contributed by atoms with E-state index in [1.165, 1.54) is 19.3 Å². The second kappa shape index (κ2) is 7.44. The molecule has 20 heavy (non-hydrogen) atoms. The molecule has 0 atom stereocenters. The van der Waals surface area contributed by atoms with Gasteiger partial charge in [-0.2, -0.15) is 5.26 Å². The summed E-state index contributed by atoms with van der Waals surface area (Å²) in [5.41, 5.74) is -1.22. The van der Waals surface area contributed by atoms with Crippen LogP contribution >= 0.6 is 0 Å². The zero-order valence-corrected chi connectivity index (χ0v) is 14.5. The molecule has 120 valence electrons. The molecule has 0 bridgehead atoms. The molecule has 3 heteroatoms. The average molecular weight is 286 g/mol. The van der Waals surface area contributed by atoms with Crippen molar-refractivity contribution < 1.29 is 14.9 Å². The van der Waals surface area contributed by atoms with E-state index in [0.717, 1.165) is 19.3 Å². The van der Waals surface area contributed by atoms with E-state index in [4.69, 9.17) is 5.26 Å². The summed E-state index contributed by atoms with van der Waals surface area (Å²) in [4.78, 5) is 16.6. The number of carbonyl (C=O) groups is 1. The fraction of sp³-hybridized carbons (Fsp3) is 0.941. The number of unbranched alkanes of at least 4 members (excludes halogenated alkanes) is 4. The van der Waals surface area contributed by atoms with Crippen molar-refractivity contribution in [2.75, 3.05) is 0 Å². The van der Waals surface area contributed by atoms with E-state index < -0.39 is 11.4 Å². The van der Waals surface area contributed by atoms with Gasteiger partial charge in [-0.3, -0.25) is 0 Å². The molecule has 0 aromatic heterocycles. The Hall–Kier alpha value is -0.570. The smallest absolute Gasteiger partial charge is 0.300 e. The molecule has 0 saturated heterocycles. The standard InChI is InChI=1S/C17H34O3/c1-8-9-10-11-12-13-17(14(18)20-19,15(2,3)4)16(5,6)7/h19H,8-13H2,1-7H3. The van der Waals surface area contributed by atoms with E-state index in [-0.39, 0.29) is 10.8 Å². The van der Waals surface area contributed by atoms with Crippen molar-refractivity contribution >= 4 is 5.97 Å². The number of carbonyl (C=O) groups excluding carboxylic acids is 1. The Morgan fingerprint density at radius 1 is 0.900 bits per heavy atom. The molecule has 0 heterocycles. The van der Waals surface area contributed by atoms with Gasteiger partial charge in [0.15, 0.2) is 0 Å². The average Bonchev–Trinajstić information content (AvgIpc) is 2.29. The molecule has 0 rings (SSSR count). The predicted molar refractivity (Wildman–Crippen MR) is 83.4 cm³/mol. The van der Waals surface area contributed by atoms with E-state index in [0.29, 0.717) is 0 Å². The lowest BCUT2D eigenvalue weighted by Gasteiger charge is -2.50. The highest BCUT2D eigenvalue weighted by molar-refractivity contribution is 5.78. The van der Waals surface area contributed by atoms with E-state index >= 15 is 0 Å². The van der Waals surface area contributed by atoms with E-state index in [1.807, 2.05) is 0 Å². The van der Waals surface area contributed by atoms with Crippen LogP contribution in [0.15, 0.2) is 0 Å². The second-order valence-corrected chi connectivity index (χ2v) is 7.95. The van der Waals surface area contributed by atoms with Gasteiger partial charge in [0.2, 0.25) is 0 Å². The molecule has 0 saturated carbocycles. The summed E-state index contributed by atoms with van der Waals surface area (Å²) in [7, 11) is 0. The largest absolute Gasteiger partial charge is 0.349 e. The van der Waals surface area contributed by atoms with Crippen LogP contribution in [0.4, 0.5) is 0 Å². The number of hydrogen-bond donors (Lipinski definition) is 1. The maximum atomic E-state index is 12.4. The Labute approximate surface area is 125 Å². The molecule has 1 N–H and O–H groups in total. The minimum absolute atomic E-state index is 0.268. The second-order valence-electron chi connectivity index (χ2n) is 7.95. The van der Waals surface area contributed by atoms with Crippen LogP contribution in [0, 0.1) is 16.2 Å². The lowest BCUT2D eigenvalue weighted by Crippen LogP contribution is -2.52. The first-order valence-corrected chi connectivity index (χ1v) is 7.90. The summed E-state index contributed by atoms with van der Waals surface area (Å²) in [5.74, 6) is -0.493. The monoisotopic (exact) mass is 286 g/mol. The summed E-state index contributed by atoms with van der Waals surface area (Å²) in [6.07, 6.45) is 6.52. The van der Waals surface area contributed by atoms with Gasteiger partial charge >= 0.3 is 5.97 Å². The van der Waals surface area contributed by atoms with Crippen LogP contribution in [-0.2, 0) is 9.68 Å². The van der Waals surface area contributed by atoms with Crippen LogP contribution in [0.3, 0.4) is 0 Å². The molecule has 0 aliphatic heterocycles. The molecule has 0 spiro atoms. The van der Waals surface area contributed by atoms with Crippen LogP contribution in [0.25, 0.3) is 0 Å². The molecule has 0 aliphatic carbocycles. The topological polar surface area (TPSA) is 46.5 Å². The molecule has 0 aliphatic rings. The van der Waals surface area contributed by atoms with Gasteiger partial charge in [0, 0.05) is 0 Å². The molecule has 0 radical (unpaired) electrons. The SMILES string of the molecule is CCCCCCCC(C(=O)OO)(C(C)(C)C)C(C)(C)C. The Balaban J connectivity index is 5.18. The lowest BCUT2D eigenvalue weighted by atomic mass is 9.52. The molecule has 0 unspecified atom stereocenters. The van der Waals surface area contributed by atoms with Crippen molar-refractivity contribution in [1.82, 2.24) is 0 Å². The van der Waals surface area contributed by atoms with Gasteiger partial charge in [0.05, 0.1) is 5.41 Å². The minimum Gasteiger partial charge on any atom is -0.300 e. The lowest BCUT2D eigenvalue weighted by molar-refractivity contribution is -0.260.